The van der Waals surface area contributed by atoms with Crippen molar-refractivity contribution in [2.45, 2.75) is 62.3 Å². The molecule has 0 saturated carbocycles. The molecule has 0 N–H and O–H groups in total. The molecule has 11 rings (SSSR count). The van der Waals surface area contributed by atoms with Gasteiger partial charge in [0.15, 0.2) is 34.9 Å². The Morgan fingerprint density at radius 1 is 0.213 bits per heavy atom. The van der Waals surface area contributed by atoms with E-state index in [9.17, 15) is 0 Å². The maximum absolute atomic E-state index is 4.68. The van der Waals surface area contributed by atoms with Gasteiger partial charge in [-0.1, -0.05) is 274 Å². The summed E-state index contributed by atoms with van der Waals surface area (Å²) in [5, 5.41) is 0. The molecule has 0 unspecified atom stereocenters. The lowest BCUT2D eigenvalue weighted by Crippen LogP contribution is -1.99. The number of aromatic nitrogens is 11. The fraction of sp³-hybridized carbons (Fsp3) is 0.141. The predicted octanol–water partition coefficient (Wildman–Crippen LogP) is 16.2. The van der Waals surface area contributed by atoms with Gasteiger partial charge in [-0.2, -0.15) is 0 Å². The van der Waals surface area contributed by atoms with Gasteiger partial charge in [-0.15, -0.1) is 0 Å². The van der Waals surface area contributed by atoms with Gasteiger partial charge in [-0.25, -0.2) is 54.8 Å². The quantitative estimate of drug-likeness (QED) is 0.157. The average Bonchev–Trinajstić information content (AvgIpc) is 3.54. The maximum Gasteiger partial charge on any atom is 0.164 e. The lowest BCUT2D eigenvalue weighted by Gasteiger charge is -2.08. The van der Waals surface area contributed by atoms with Crippen LogP contribution in [0.1, 0.15) is 61.2 Å². The highest BCUT2D eigenvalue weighted by molar-refractivity contribution is 5.66. The molecule has 0 aliphatic heterocycles. The molecular weight excluding hydrogens is 923 g/mol. The summed E-state index contributed by atoms with van der Waals surface area (Å²) in [5.74, 6) is 4.92. The number of benzene rings is 7. The van der Waals surface area contributed by atoms with Crippen molar-refractivity contribution >= 4 is 0 Å². The van der Waals surface area contributed by atoms with Crippen molar-refractivity contribution < 1.29 is 0 Å². The molecular formula is C64H69N11. The Balaban J connectivity index is 0.000000258. The van der Waals surface area contributed by atoms with Crippen LogP contribution in [0.4, 0.5) is 0 Å². The van der Waals surface area contributed by atoms with Gasteiger partial charge in [0.05, 0.1) is 0 Å². The predicted molar refractivity (Wildman–Crippen MR) is 311 cm³/mol. The van der Waals surface area contributed by atoms with Gasteiger partial charge >= 0.3 is 0 Å². The number of nitrogens with zero attached hydrogens (tertiary/aromatic N) is 11. The van der Waals surface area contributed by atoms with Gasteiger partial charge in [-0.3, -0.25) is 0 Å². The smallest absolute Gasteiger partial charge is 0.164 e. The lowest BCUT2D eigenvalue weighted by atomic mass is 10.1. The third-order valence-electron chi connectivity index (χ3n) is 9.21. The van der Waals surface area contributed by atoms with Crippen molar-refractivity contribution in [3.63, 3.8) is 0 Å². The van der Waals surface area contributed by atoms with Crippen molar-refractivity contribution in [3.8, 4) is 68.3 Å². The Bertz CT molecular complexity index is 2720. The molecule has 0 saturated heterocycles. The molecule has 4 aromatic heterocycles. The molecule has 4 heterocycles. The average molecular weight is 992 g/mol. The summed E-state index contributed by atoms with van der Waals surface area (Å²) < 4.78 is 0. The largest absolute Gasteiger partial charge is 0.245 e. The molecule has 0 aliphatic rings. The Kier molecular flexibility index (Phi) is 30.7. The molecule has 7 aromatic carbocycles. The van der Waals surface area contributed by atoms with Gasteiger partial charge in [0.1, 0.15) is 24.8 Å². The van der Waals surface area contributed by atoms with E-state index in [0.717, 1.165) is 39.2 Å². The number of rotatable bonds is 6. The molecule has 0 radical (unpaired) electrons. The highest BCUT2D eigenvalue weighted by Crippen LogP contribution is 2.24. The topological polar surface area (TPSA) is 142 Å². The highest BCUT2D eigenvalue weighted by atomic mass is 15.0. The van der Waals surface area contributed by atoms with Crippen LogP contribution >= 0.6 is 0 Å². The van der Waals surface area contributed by atoms with E-state index in [0.29, 0.717) is 34.9 Å². The SMILES string of the molecule is CC.CC.CC.CC.Cc1nc(-c2ccccc2)nc(-c2ccccc2)n1.c1ccc(-c2nc(-c3ccccc3)nc(-c3ccccc3)n2)cc1.c1ccc(-c2ncncn2)cc1.c1ccccc1.c1cncnc1. The van der Waals surface area contributed by atoms with E-state index in [4.69, 9.17) is 0 Å². The van der Waals surface area contributed by atoms with Crippen LogP contribution in [-0.4, -0.2) is 54.8 Å². The molecule has 380 valence electrons. The van der Waals surface area contributed by atoms with Crippen LogP contribution in [0.25, 0.3) is 68.3 Å². The molecule has 0 amide bonds. The van der Waals surface area contributed by atoms with Crippen molar-refractivity contribution in [1.82, 2.24) is 54.8 Å². The Morgan fingerprint density at radius 3 is 0.640 bits per heavy atom. The summed E-state index contributed by atoms with van der Waals surface area (Å²) in [5.41, 5.74) is 5.97. The van der Waals surface area contributed by atoms with Crippen LogP contribution in [0.5, 0.6) is 0 Å². The normalized spacial score (nSPS) is 9.13. The van der Waals surface area contributed by atoms with Gasteiger partial charge in [0, 0.05) is 45.8 Å². The van der Waals surface area contributed by atoms with Crippen LogP contribution in [0.15, 0.2) is 256 Å². The third-order valence-corrected chi connectivity index (χ3v) is 9.21. The van der Waals surface area contributed by atoms with Crippen LogP contribution in [0, 0.1) is 6.92 Å². The second-order valence-electron chi connectivity index (χ2n) is 14.1. The Morgan fingerprint density at radius 2 is 0.427 bits per heavy atom. The standard InChI is InChI=1S/C21H15N3.C16H13N3.C9H7N3.C6H6.C4H4N2.4C2H6/c1-4-10-16(11-5-1)19-22-20(17-12-6-2-7-13-17)24-21(23-19)18-14-8-3-9-15-18;1-12-17-15(13-8-4-2-5-9-13)19-16(18-12)14-10-6-3-7-11-14;1-2-4-8(5-3-1)9-11-6-10-7-12-9;1-2-4-6-5-3-1;1-2-5-4-6-3-1;4*1-2/h1-15H;2-11H,1H3;1-7H;1-6H;1-4H;4*1-2H3. The number of hydrogen-bond acceptors (Lipinski definition) is 11. The van der Waals surface area contributed by atoms with Crippen LogP contribution in [0.2, 0.25) is 0 Å². The van der Waals surface area contributed by atoms with E-state index in [1.54, 1.807) is 18.5 Å². The van der Waals surface area contributed by atoms with Crippen molar-refractivity contribution in [2.24, 2.45) is 0 Å². The Hall–Kier alpha value is -9.35. The summed E-state index contributed by atoms with van der Waals surface area (Å²) in [7, 11) is 0. The molecule has 11 nitrogen and oxygen atoms in total. The first-order valence-corrected chi connectivity index (χ1v) is 25.3. The molecule has 11 aromatic rings. The van der Waals surface area contributed by atoms with Crippen molar-refractivity contribution in [1.29, 1.82) is 0 Å². The zero-order chi connectivity index (χ0) is 54.0. The van der Waals surface area contributed by atoms with E-state index in [1.165, 1.54) is 19.0 Å². The van der Waals surface area contributed by atoms with Gasteiger partial charge < -0.3 is 0 Å². The molecule has 0 atom stereocenters. The van der Waals surface area contributed by atoms with E-state index in [2.05, 4.69) is 54.8 Å². The molecule has 75 heavy (non-hydrogen) atoms. The summed E-state index contributed by atoms with van der Waals surface area (Å²) in [6.45, 7) is 17.9. The Labute approximate surface area is 445 Å². The van der Waals surface area contributed by atoms with Gasteiger partial charge in [-0.05, 0) is 13.0 Å². The lowest BCUT2D eigenvalue weighted by molar-refractivity contribution is 0.992. The first kappa shape index (κ1) is 60.0. The van der Waals surface area contributed by atoms with Crippen LogP contribution in [-0.2, 0) is 0 Å². The zero-order valence-electron chi connectivity index (χ0n) is 44.7. The first-order valence-electron chi connectivity index (χ1n) is 25.3. The fourth-order valence-electron chi connectivity index (χ4n) is 6.05. The monoisotopic (exact) mass is 992 g/mol. The molecule has 0 fully saturated rings. The summed E-state index contributed by atoms with van der Waals surface area (Å²) in [6, 6.07) is 73.5. The third kappa shape index (κ3) is 22.3. The van der Waals surface area contributed by atoms with Gasteiger partial charge in [0.2, 0.25) is 0 Å². The van der Waals surface area contributed by atoms with Crippen molar-refractivity contribution in [2.75, 3.05) is 0 Å². The molecule has 0 bridgehead atoms. The first-order chi connectivity index (χ1) is 37.2. The molecule has 11 heteroatoms. The highest BCUT2D eigenvalue weighted by Gasteiger charge is 2.12. The van der Waals surface area contributed by atoms with E-state index < -0.39 is 0 Å². The molecule has 0 aliphatic carbocycles. The minimum Gasteiger partial charge on any atom is -0.245 e. The van der Waals surface area contributed by atoms with Gasteiger partial charge in [0.25, 0.3) is 0 Å². The van der Waals surface area contributed by atoms with Crippen LogP contribution < -0.4 is 0 Å². The van der Waals surface area contributed by atoms with E-state index >= 15 is 0 Å². The second-order valence-corrected chi connectivity index (χ2v) is 14.1. The molecule has 0 spiro atoms. The zero-order valence-corrected chi connectivity index (χ0v) is 44.7. The van der Waals surface area contributed by atoms with E-state index in [1.807, 2.05) is 281 Å². The second kappa shape index (κ2) is 38.3. The summed E-state index contributed by atoms with van der Waals surface area (Å²) in [4.78, 5) is 46.5. The minimum atomic E-state index is 0.684. The van der Waals surface area contributed by atoms with Crippen LogP contribution in [0.3, 0.4) is 0 Å². The number of hydrogen-bond donors (Lipinski definition) is 0. The minimum absolute atomic E-state index is 0.684. The van der Waals surface area contributed by atoms with E-state index in [-0.39, 0.29) is 0 Å². The maximum atomic E-state index is 4.68. The number of aryl methyl sites for hydroxylation is 1. The fourth-order valence-corrected chi connectivity index (χ4v) is 6.05. The van der Waals surface area contributed by atoms with Crippen molar-refractivity contribution in [3.05, 3.63) is 262 Å². The summed E-state index contributed by atoms with van der Waals surface area (Å²) >= 11 is 0. The summed E-state index contributed by atoms with van der Waals surface area (Å²) in [6.07, 6.45) is 7.87.